The molecule has 1 N–H and O–H groups in total. The van der Waals surface area contributed by atoms with Crippen LogP contribution >= 0.6 is 0 Å². The van der Waals surface area contributed by atoms with Crippen LogP contribution in [0.3, 0.4) is 0 Å². The quantitative estimate of drug-likeness (QED) is 0.729. The molecule has 0 amide bonds. The first kappa shape index (κ1) is 11.4. The molecule has 2 heteroatoms. The van der Waals surface area contributed by atoms with E-state index in [2.05, 4.69) is 19.3 Å². The SMILES string of the molecule is CNCC(C)(CCC1CCCO1)C1CC1. The van der Waals surface area contributed by atoms with Gasteiger partial charge < -0.3 is 10.1 Å². The highest BCUT2D eigenvalue weighted by Gasteiger charge is 2.40. The summed E-state index contributed by atoms with van der Waals surface area (Å²) in [6.07, 6.45) is 8.64. The Morgan fingerprint density at radius 2 is 2.13 bits per heavy atom. The summed E-state index contributed by atoms with van der Waals surface area (Å²) < 4.78 is 5.71. The Bertz CT molecular complexity index is 197. The van der Waals surface area contributed by atoms with E-state index in [-0.39, 0.29) is 0 Å². The molecular weight excluding hydrogens is 186 g/mol. The van der Waals surface area contributed by atoms with Crippen molar-refractivity contribution in [3.63, 3.8) is 0 Å². The van der Waals surface area contributed by atoms with Crippen LogP contribution in [0, 0.1) is 11.3 Å². The minimum absolute atomic E-state index is 0.528. The zero-order valence-electron chi connectivity index (χ0n) is 10.2. The first-order valence-corrected chi connectivity index (χ1v) is 6.51. The van der Waals surface area contributed by atoms with Gasteiger partial charge in [-0.3, -0.25) is 0 Å². The number of hydrogen-bond acceptors (Lipinski definition) is 2. The van der Waals surface area contributed by atoms with Crippen LogP contribution in [-0.2, 0) is 4.74 Å². The van der Waals surface area contributed by atoms with Crippen molar-refractivity contribution in [1.29, 1.82) is 0 Å². The number of rotatable bonds is 6. The lowest BCUT2D eigenvalue weighted by Gasteiger charge is -2.30. The molecule has 2 aliphatic rings. The van der Waals surface area contributed by atoms with E-state index in [1.54, 1.807) is 0 Å². The molecule has 2 unspecified atom stereocenters. The third-order valence-electron chi connectivity index (χ3n) is 4.20. The highest BCUT2D eigenvalue weighted by molar-refractivity contribution is 4.92. The molecular formula is C13H25NO. The average molecular weight is 211 g/mol. The highest BCUT2D eigenvalue weighted by atomic mass is 16.5. The molecule has 2 fully saturated rings. The predicted octanol–water partition coefficient (Wildman–Crippen LogP) is 2.58. The molecule has 2 rings (SSSR count). The third kappa shape index (κ3) is 2.94. The van der Waals surface area contributed by atoms with Crippen LogP contribution < -0.4 is 5.32 Å². The summed E-state index contributed by atoms with van der Waals surface area (Å²) in [5.74, 6) is 0.978. The molecule has 1 heterocycles. The van der Waals surface area contributed by atoms with Gasteiger partial charge in [-0.15, -0.1) is 0 Å². The first-order valence-electron chi connectivity index (χ1n) is 6.51. The summed E-state index contributed by atoms with van der Waals surface area (Å²) in [7, 11) is 2.08. The Morgan fingerprint density at radius 1 is 1.33 bits per heavy atom. The zero-order chi connectivity index (χ0) is 10.7. The molecule has 2 nitrogen and oxygen atoms in total. The van der Waals surface area contributed by atoms with E-state index in [0.717, 1.165) is 12.5 Å². The van der Waals surface area contributed by atoms with Gasteiger partial charge in [0.2, 0.25) is 0 Å². The maximum atomic E-state index is 5.71. The van der Waals surface area contributed by atoms with Gasteiger partial charge >= 0.3 is 0 Å². The second kappa shape index (κ2) is 4.84. The van der Waals surface area contributed by atoms with Crippen molar-refractivity contribution in [1.82, 2.24) is 5.32 Å². The molecule has 15 heavy (non-hydrogen) atoms. The number of ether oxygens (including phenoxy) is 1. The normalized spacial score (nSPS) is 30.4. The Labute approximate surface area is 93.8 Å². The molecule has 2 atom stereocenters. The Kier molecular flexibility index (Phi) is 3.68. The predicted molar refractivity (Wildman–Crippen MR) is 63.0 cm³/mol. The number of hydrogen-bond donors (Lipinski definition) is 1. The lowest BCUT2D eigenvalue weighted by molar-refractivity contribution is 0.0858. The van der Waals surface area contributed by atoms with Gasteiger partial charge in [0.25, 0.3) is 0 Å². The van der Waals surface area contributed by atoms with Gasteiger partial charge in [-0.05, 0) is 56.9 Å². The molecule has 0 aromatic carbocycles. The maximum absolute atomic E-state index is 5.71. The molecule has 1 saturated heterocycles. The molecule has 0 bridgehead atoms. The largest absolute Gasteiger partial charge is 0.378 e. The van der Waals surface area contributed by atoms with E-state index >= 15 is 0 Å². The van der Waals surface area contributed by atoms with Crippen LogP contribution in [0.1, 0.15) is 45.4 Å². The van der Waals surface area contributed by atoms with Gasteiger partial charge in [0.05, 0.1) is 6.10 Å². The fourth-order valence-electron chi connectivity index (χ4n) is 2.98. The van der Waals surface area contributed by atoms with Crippen LogP contribution in [0.4, 0.5) is 0 Å². The lowest BCUT2D eigenvalue weighted by Crippen LogP contribution is -2.32. The second-order valence-electron chi connectivity index (χ2n) is 5.63. The zero-order valence-corrected chi connectivity index (χ0v) is 10.2. The van der Waals surface area contributed by atoms with Crippen LogP contribution in [-0.4, -0.2) is 26.3 Å². The molecule has 1 aliphatic heterocycles. The smallest absolute Gasteiger partial charge is 0.0576 e. The molecule has 0 spiro atoms. The van der Waals surface area contributed by atoms with Crippen LogP contribution in [0.2, 0.25) is 0 Å². The summed E-state index contributed by atoms with van der Waals surface area (Å²) >= 11 is 0. The van der Waals surface area contributed by atoms with E-state index in [0.29, 0.717) is 11.5 Å². The molecule has 0 radical (unpaired) electrons. The van der Waals surface area contributed by atoms with Crippen LogP contribution in [0.15, 0.2) is 0 Å². The highest BCUT2D eigenvalue weighted by Crippen LogP contribution is 2.48. The van der Waals surface area contributed by atoms with Gasteiger partial charge in [0, 0.05) is 13.2 Å². The lowest BCUT2D eigenvalue weighted by atomic mass is 9.79. The van der Waals surface area contributed by atoms with E-state index in [9.17, 15) is 0 Å². The fourth-order valence-corrected chi connectivity index (χ4v) is 2.98. The van der Waals surface area contributed by atoms with Gasteiger partial charge in [-0.1, -0.05) is 6.92 Å². The second-order valence-corrected chi connectivity index (χ2v) is 5.63. The van der Waals surface area contributed by atoms with Crippen molar-refractivity contribution >= 4 is 0 Å². The minimum atomic E-state index is 0.528. The summed E-state index contributed by atoms with van der Waals surface area (Å²) in [5.41, 5.74) is 0.528. The van der Waals surface area contributed by atoms with Crippen molar-refractivity contribution in [3.8, 4) is 0 Å². The van der Waals surface area contributed by atoms with Gasteiger partial charge in [-0.25, -0.2) is 0 Å². The Morgan fingerprint density at radius 3 is 2.67 bits per heavy atom. The first-order chi connectivity index (χ1) is 7.24. The number of nitrogens with one attached hydrogen (secondary N) is 1. The summed E-state index contributed by atoms with van der Waals surface area (Å²) in [5, 5.41) is 3.36. The van der Waals surface area contributed by atoms with Crippen molar-refractivity contribution < 1.29 is 4.74 Å². The van der Waals surface area contributed by atoms with E-state index in [1.807, 2.05) is 0 Å². The summed E-state index contributed by atoms with van der Waals surface area (Å²) in [6, 6.07) is 0. The van der Waals surface area contributed by atoms with Gasteiger partial charge in [0.15, 0.2) is 0 Å². The summed E-state index contributed by atoms with van der Waals surface area (Å²) in [6.45, 7) is 4.62. The molecule has 1 saturated carbocycles. The third-order valence-corrected chi connectivity index (χ3v) is 4.20. The molecule has 88 valence electrons. The van der Waals surface area contributed by atoms with E-state index in [4.69, 9.17) is 4.74 Å². The van der Waals surface area contributed by atoms with Crippen molar-refractivity contribution in [2.24, 2.45) is 11.3 Å². The fraction of sp³-hybridized carbons (Fsp3) is 1.00. The van der Waals surface area contributed by atoms with E-state index in [1.165, 1.54) is 45.1 Å². The average Bonchev–Trinajstić information content (AvgIpc) is 2.95. The van der Waals surface area contributed by atoms with Gasteiger partial charge in [-0.2, -0.15) is 0 Å². The summed E-state index contributed by atoms with van der Waals surface area (Å²) in [4.78, 5) is 0. The Hall–Kier alpha value is -0.0800. The van der Waals surface area contributed by atoms with E-state index < -0.39 is 0 Å². The molecule has 1 aliphatic carbocycles. The Balaban J connectivity index is 1.77. The maximum Gasteiger partial charge on any atom is 0.0576 e. The van der Waals surface area contributed by atoms with Crippen LogP contribution in [0.5, 0.6) is 0 Å². The minimum Gasteiger partial charge on any atom is -0.378 e. The van der Waals surface area contributed by atoms with Crippen molar-refractivity contribution in [2.75, 3.05) is 20.2 Å². The molecule has 0 aromatic rings. The van der Waals surface area contributed by atoms with Crippen LogP contribution in [0.25, 0.3) is 0 Å². The van der Waals surface area contributed by atoms with Crippen molar-refractivity contribution in [3.05, 3.63) is 0 Å². The topological polar surface area (TPSA) is 21.3 Å². The standard InChI is InChI=1S/C13H25NO/c1-13(10-14-2,11-5-6-11)8-7-12-4-3-9-15-12/h11-12,14H,3-10H2,1-2H3. The molecule has 0 aromatic heterocycles. The van der Waals surface area contributed by atoms with Gasteiger partial charge in [0.1, 0.15) is 0 Å². The monoisotopic (exact) mass is 211 g/mol. The van der Waals surface area contributed by atoms with Crippen molar-refractivity contribution in [2.45, 2.75) is 51.6 Å².